The van der Waals surface area contributed by atoms with Crippen molar-refractivity contribution >= 4 is 12.2 Å². The minimum absolute atomic E-state index is 0.0182. The molecule has 0 aliphatic carbocycles. The number of aliphatic hydroxyl groups is 1. The van der Waals surface area contributed by atoms with Crippen LogP contribution in [0.5, 0.6) is 0 Å². The molecule has 7 heteroatoms. The Labute approximate surface area is 211 Å². The first-order valence-electron chi connectivity index (χ1n) is 12.4. The van der Waals surface area contributed by atoms with Crippen LogP contribution in [0.1, 0.15) is 66.9 Å². The fourth-order valence-corrected chi connectivity index (χ4v) is 3.35. The summed E-state index contributed by atoms with van der Waals surface area (Å²) in [6.07, 6.45) is 5.13. The van der Waals surface area contributed by atoms with Gasteiger partial charge in [0.1, 0.15) is 12.2 Å². The lowest BCUT2D eigenvalue weighted by Crippen LogP contribution is -2.51. The van der Waals surface area contributed by atoms with Crippen LogP contribution in [-0.2, 0) is 16.1 Å². The molecule has 2 amide bonds. The summed E-state index contributed by atoms with van der Waals surface area (Å²) >= 11 is 0. The molecule has 0 saturated carbocycles. The van der Waals surface area contributed by atoms with Crippen LogP contribution in [0.3, 0.4) is 0 Å². The maximum absolute atomic E-state index is 12.9. The second kappa shape index (κ2) is 15.2. The fraction of sp³-hybridized carbons (Fsp3) is 0.571. The molecule has 0 radical (unpaired) electrons. The van der Waals surface area contributed by atoms with E-state index in [2.05, 4.69) is 12.2 Å². The standard InChI is InChI=1S/C28H44N2O5/c1-8-9-11-14-22(4)17-24(29-26(32)35-28(5,6)7)25(31)19-30(18-21(2)3)27(33)34-20-23-15-12-10-13-16-23/h9-16,21,24-25,31H,8,17-20H2,1-7H3,(H,29,32)/b11-9-,22-14+/t24-,25+/m0/s1. The minimum atomic E-state index is -1.02. The molecule has 7 nitrogen and oxygen atoms in total. The number of hydrogen-bond donors (Lipinski definition) is 2. The summed E-state index contributed by atoms with van der Waals surface area (Å²) < 4.78 is 10.9. The lowest BCUT2D eigenvalue weighted by atomic mass is 10.0. The van der Waals surface area contributed by atoms with Crippen LogP contribution in [0.25, 0.3) is 0 Å². The molecule has 0 aliphatic rings. The predicted octanol–water partition coefficient (Wildman–Crippen LogP) is 5.84. The van der Waals surface area contributed by atoms with Crippen molar-refractivity contribution in [3.8, 4) is 0 Å². The van der Waals surface area contributed by atoms with E-state index in [1.54, 1.807) is 20.8 Å². The van der Waals surface area contributed by atoms with E-state index >= 15 is 0 Å². The van der Waals surface area contributed by atoms with E-state index in [0.717, 1.165) is 17.6 Å². The van der Waals surface area contributed by atoms with Crippen LogP contribution in [0.15, 0.2) is 54.1 Å². The Balaban J connectivity index is 2.97. The van der Waals surface area contributed by atoms with Crippen LogP contribution in [0.4, 0.5) is 9.59 Å². The van der Waals surface area contributed by atoms with Crippen LogP contribution >= 0.6 is 0 Å². The first-order valence-corrected chi connectivity index (χ1v) is 12.4. The topological polar surface area (TPSA) is 88.1 Å². The molecule has 0 aromatic heterocycles. The van der Waals surface area contributed by atoms with Crippen molar-refractivity contribution in [1.29, 1.82) is 0 Å². The Morgan fingerprint density at radius 3 is 2.37 bits per heavy atom. The van der Waals surface area contributed by atoms with Gasteiger partial charge in [-0.15, -0.1) is 0 Å². The molecule has 2 N–H and O–H groups in total. The number of carbonyl (C=O) groups excluding carboxylic acids is 2. The number of amides is 2. The molecule has 35 heavy (non-hydrogen) atoms. The molecule has 0 bridgehead atoms. The Morgan fingerprint density at radius 1 is 1.14 bits per heavy atom. The normalized spacial score (nSPS) is 14.0. The Kier molecular flexibility index (Phi) is 13.2. The third-order valence-corrected chi connectivity index (χ3v) is 4.92. The summed E-state index contributed by atoms with van der Waals surface area (Å²) in [5.41, 5.74) is 1.20. The monoisotopic (exact) mass is 488 g/mol. The van der Waals surface area contributed by atoms with Crippen LogP contribution in [-0.4, -0.2) is 53.0 Å². The highest BCUT2D eigenvalue weighted by atomic mass is 16.6. The molecule has 196 valence electrons. The highest BCUT2D eigenvalue weighted by Crippen LogP contribution is 2.15. The summed E-state index contributed by atoms with van der Waals surface area (Å²) in [5.74, 6) is 0.171. The second-order valence-electron chi connectivity index (χ2n) is 10.2. The highest BCUT2D eigenvalue weighted by Gasteiger charge is 2.29. The van der Waals surface area contributed by atoms with Gasteiger partial charge in [0.05, 0.1) is 18.7 Å². The summed E-state index contributed by atoms with van der Waals surface area (Å²) in [4.78, 5) is 26.9. The SMILES string of the molecule is CC/C=C\C=C(/C)C[C@H](NC(=O)OC(C)(C)C)[C@H](O)CN(CC(C)C)C(=O)OCc1ccccc1. The minimum Gasteiger partial charge on any atom is -0.445 e. The molecule has 2 atom stereocenters. The van der Waals surface area contributed by atoms with Crippen molar-refractivity contribution in [1.82, 2.24) is 10.2 Å². The Hall–Kier alpha value is -2.80. The lowest BCUT2D eigenvalue weighted by molar-refractivity contribution is 0.0323. The second-order valence-corrected chi connectivity index (χ2v) is 10.2. The van der Waals surface area contributed by atoms with Crippen molar-refractivity contribution in [2.75, 3.05) is 13.1 Å². The summed E-state index contributed by atoms with van der Waals surface area (Å²) in [5, 5.41) is 13.9. The van der Waals surface area contributed by atoms with Crippen molar-refractivity contribution in [2.24, 2.45) is 5.92 Å². The van der Waals surface area contributed by atoms with Gasteiger partial charge < -0.3 is 24.8 Å². The van der Waals surface area contributed by atoms with E-state index in [4.69, 9.17) is 9.47 Å². The fourth-order valence-electron chi connectivity index (χ4n) is 3.35. The van der Waals surface area contributed by atoms with E-state index in [1.165, 1.54) is 4.90 Å². The molecule has 0 saturated heterocycles. The zero-order valence-corrected chi connectivity index (χ0v) is 22.4. The molecule has 0 unspecified atom stereocenters. The van der Waals surface area contributed by atoms with Gasteiger partial charge in [0.15, 0.2) is 0 Å². The maximum Gasteiger partial charge on any atom is 0.410 e. The molecule has 1 aromatic carbocycles. The first-order chi connectivity index (χ1) is 16.4. The molecule has 1 aromatic rings. The van der Waals surface area contributed by atoms with E-state index < -0.39 is 29.9 Å². The number of hydrogen-bond acceptors (Lipinski definition) is 5. The van der Waals surface area contributed by atoms with Gasteiger partial charge in [0, 0.05) is 6.54 Å². The van der Waals surface area contributed by atoms with Crippen LogP contribution < -0.4 is 5.32 Å². The van der Waals surface area contributed by atoms with Gasteiger partial charge in [-0.25, -0.2) is 9.59 Å². The molecular weight excluding hydrogens is 444 g/mol. The predicted molar refractivity (Wildman–Crippen MR) is 140 cm³/mol. The largest absolute Gasteiger partial charge is 0.445 e. The van der Waals surface area contributed by atoms with E-state index in [0.29, 0.717) is 13.0 Å². The molecular formula is C28H44N2O5. The summed E-state index contributed by atoms with van der Waals surface area (Å²) in [7, 11) is 0. The molecule has 0 fully saturated rings. The number of rotatable bonds is 12. The van der Waals surface area contributed by atoms with Gasteiger partial charge in [-0.05, 0) is 52.0 Å². The highest BCUT2D eigenvalue weighted by molar-refractivity contribution is 5.69. The number of nitrogens with zero attached hydrogens (tertiary/aromatic N) is 1. The van der Waals surface area contributed by atoms with Gasteiger partial charge >= 0.3 is 12.2 Å². The van der Waals surface area contributed by atoms with Gasteiger partial charge in [0.2, 0.25) is 0 Å². The Bertz CT molecular complexity index is 827. The number of ether oxygens (including phenoxy) is 2. The van der Waals surface area contributed by atoms with Gasteiger partial charge in [-0.3, -0.25) is 0 Å². The number of benzene rings is 1. The van der Waals surface area contributed by atoms with Gasteiger partial charge in [-0.1, -0.05) is 74.9 Å². The number of alkyl carbamates (subject to hydrolysis) is 1. The lowest BCUT2D eigenvalue weighted by Gasteiger charge is -2.31. The first kappa shape index (κ1) is 30.2. The number of allylic oxidation sites excluding steroid dienone is 3. The average Bonchev–Trinajstić information content (AvgIpc) is 2.75. The van der Waals surface area contributed by atoms with E-state index in [-0.39, 0.29) is 19.1 Å². The average molecular weight is 489 g/mol. The molecule has 0 spiro atoms. The van der Waals surface area contributed by atoms with Crippen molar-refractivity contribution in [2.45, 2.75) is 85.7 Å². The van der Waals surface area contributed by atoms with Crippen LogP contribution in [0.2, 0.25) is 0 Å². The maximum atomic E-state index is 12.9. The molecule has 0 aliphatic heterocycles. The van der Waals surface area contributed by atoms with Crippen molar-refractivity contribution in [3.05, 3.63) is 59.7 Å². The zero-order chi connectivity index (χ0) is 26.4. The third-order valence-electron chi connectivity index (χ3n) is 4.92. The van der Waals surface area contributed by atoms with Crippen LogP contribution in [0, 0.1) is 5.92 Å². The number of aliphatic hydroxyl groups excluding tert-OH is 1. The van der Waals surface area contributed by atoms with Crippen molar-refractivity contribution in [3.63, 3.8) is 0 Å². The quantitative estimate of drug-likeness (QED) is 0.361. The number of carbonyl (C=O) groups is 2. The van der Waals surface area contributed by atoms with Crippen molar-refractivity contribution < 1.29 is 24.2 Å². The smallest absolute Gasteiger partial charge is 0.410 e. The summed E-state index contributed by atoms with van der Waals surface area (Å²) in [6, 6.07) is 8.80. The molecule has 1 rings (SSSR count). The summed E-state index contributed by atoms with van der Waals surface area (Å²) in [6.45, 7) is 13.9. The van der Waals surface area contributed by atoms with E-state index in [9.17, 15) is 14.7 Å². The zero-order valence-electron chi connectivity index (χ0n) is 22.4. The number of nitrogens with one attached hydrogen (secondary N) is 1. The van der Waals surface area contributed by atoms with Gasteiger partial charge in [0.25, 0.3) is 0 Å². The third kappa shape index (κ3) is 13.6. The Morgan fingerprint density at radius 2 is 1.80 bits per heavy atom. The van der Waals surface area contributed by atoms with E-state index in [1.807, 2.05) is 69.3 Å². The van der Waals surface area contributed by atoms with Gasteiger partial charge in [-0.2, -0.15) is 0 Å². The molecule has 0 heterocycles.